The number of halogens is 1. The van der Waals surface area contributed by atoms with Crippen molar-refractivity contribution >= 4 is 29.5 Å². The lowest BCUT2D eigenvalue weighted by atomic mass is 9.91. The molecule has 0 aliphatic carbocycles. The highest BCUT2D eigenvalue weighted by molar-refractivity contribution is 6.30. The van der Waals surface area contributed by atoms with E-state index in [9.17, 15) is 14.7 Å². The van der Waals surface area contributed by atoms with Gasteiger partial charge in [0.15, 0.2) is 5.82 Å². The Kier molecular flexibility index (Phi) is 8.08. The van der Waals surface area contributed by atoms with Crippen LogP contribution in [0.5, 0.6) is 0 Å². The molecule has 1 N–H and O–H groups in total. The van der Waals surface area contributed by atoms with Crippen molar-refractivity contribution in [3.8, 4) is 0 Å². The number of amides is 2. The van der Waals surface area contributed by atoms with Gasteiger partial charge in [-0.1, -0.05) is 17.7 Å². The molecule has 39 heavy (non-hydrogen) atoms. The molecule has 12 heteroatoms. The smallest absolute Gasteiger partial charge is 0.257 e. The maximum Gasteiger partial charge on any atom is 0.257 e. The van der Waals surface area contributed by atoms with E-state index in [1.807, 2.05) is 17.0 Å². The molecule has 1 aromatic carbocycles. The number of aromatic nitrogens is 6. The summed E-state index contributed by atoms with van der Waals surface area (Å²) in [4.78, 5) is 30.8. The predicted octanol–water partition coefficient (Wildman–Crippen LogP) is 2.57. The number of carbonyl (C=O) groups excluding carboxylic acids is 2. The molecule has 2 aliphatic rings. The van der Waals surface area contributed by atoms with Crippen LogP contribution < -0.4 is 0 Å². The van der Waals surface area contributed by atoms with Crippen LogP contribution >= 0.6 is 11.6 Å². The van der Waals surface area contributed by atoms with Gasteiger partial charge in [-0.3, -0.25) is 14.3 Å². The summed E-state index contributed by atoms with van der Waals surface area (Å²) in [7, 11) is 0. The third-order valence-corrected chi connectivity index (χ3v) is 7.60. The minimum absolute atomic E-state index is 0.00310. The Balaban J connectivity index is 1.16. The van der Waals surface area contributed by atoms with E-state index in [1.165, 1.54) is 4.80 Å². The summed E-state index contributed by atoms with van der Waals surface area (Å²) >= 11 is 6.20. The van der Waals surface area contributed by atoms with E-state index in [1.54, 1.807) is 47.1 Å². The molecule has 5 rings (SSSR count). The first-order valence-electron chi connectivity index (χ1n) is 13.3. The number of aliphatic hydroxyl groups is 1. The largest absolute Gasteiger partial charge is 0.388 e. The molecule has 0 radical (unpaired) electrons. The van der Waals surface area contributed by atoms with Gasteiger partial charge in [-0.05, 0) is 73.6 Å². The highest BCUT2D eigenvalue weighted by Crippen LogP contribution is 2.25. The molecule has 2 aliphatic heterocycles. The van der Waals surface area contributed by atoms with E-state index in [0.29, 0.717) is 48.9 Å². The highest BCUT2D eigenvalue weighted by atomic mass is 35.5. The topological polar surface area (TPSA) is 122 Å². The molecule has 206 valence electrons. The molecule has 2 aromatic heterocycles. The SMILES string of the molecule is Cc1nnn(Cc2cc(Cl)ccc2/C=C/C(=O)N2CCC(O)(Cn3cc(C(=O)N4CCCCC4)cn3)CC2)n1. The normalized spacial score (nSPS) is 17.6. The number of tetrazole rings is 1. The number of hydrogen-bond donors (Lipinski definition) is 1. The van der Waals surface area contributed by atoms with Crippen LogP contribution in [0.2, 0.25) is 5.02 Å². The number of piperidine rings is 2. The molecule has 0 unspecified atom stereocenters. The third kappa shape index (κ3) is 6.72. The second-order valence-electron chi connectivity index (χ2n) is 10.4. The number of hydrogen-bond acceptors (Lipinski definition) is 7. The van der Waals surface area contributed by atoms with Crippen molar-refractivity contribution < 1.29 is 14.7 Å². The van der Waals surface area contributed by atoms with E-state index in [-0.39, 0.29) is 18.4 Å². The van der Waals surface area contributed by atoms with E-state index < -0.39 is 5.60 Å². The Morgan fingerprint density at radius 1 is 1.10 bits per heavy atom. The van der Waals surface area contributed by atoms with Crippen molar-refractivity contribution in [3.63, 3.8) is 0 Å². The molecule has 0 saturated carbocycles. The zero-order valence-corrected chi connectivity index (χ0v) is 22.8. The first-order chi connectivity index (χ1) is 18.8. The number of aryl methyl sites for hydroxylation is 1. The number of carbonyl (C=O) groups is 2. The Morgan fingerprint density at radius 3 is 2.59 bits per heavy atom. The molecule has 2 fully saturated rings. The Hall–Kier alpha value is -3.57. The first-order valence-corrected chi connectivity index (χ1v) is 13.7. The van der Waals surface area contributed by atoms with Gasteiger partial charge in [0.2, 0.25) is 5.91 Å². The molecule has 2 amide bonds. The average Bonchev–Trinajstić information content (AvgIpc) is 3.56. The molecule has 2 saturated heterocycles. The van der Waals surface area contributed by atoms with Crippen molar-refractivity contribution in [1.29, 1.82) is 0 Å². The molecule has 0 bridgehead atoms. The van der Waals surface area contributed by atoms with Gasteiger partial charge in [-0.15, -0.1) is 10.2 Å². The zero-order chi connectivity index (χ0) is 27.4. The minimum Gasteiger partial charge on any atom is -0.388 e. The molecule has 0 atom stereocenters. The fraction of sp³-hybridized carbons (Fsp3) is 0.481. The van der Waals surface area contributed by atoms with Gasteiger partial charge < -0.3 is 14.9 Å². The molecule has 3 aromatic rings. The second kappa shape index (κ2) is 11.7. The summed E-state index contributed by atoms with van der Waals surface area (Å²) in [5, 5.41) is 28.2. The van der Waals surface area contributed by atoms with Gasteiger partial charge in [-0.25, -0.2) is 0 Å². The van der Waals surface area contributed by atoms with Crippen molar-refractivity contribution in [1.82, 2.24) is 39.8 Å². The number of rotatable bonds is 7. The van der Waals surface area contributed by atoms with Crippen LogP contribution in [-0.2, 0) is 17.9 Å². The summed E-state index contributed by atoms with van der Waals surface area (Å²) in [6, 6.07) is 5.46. The molecule has 4 heterocycles. The van der Waals surface area contributed by atoms with E-state index in [2.05, 4.69) is 20.5 Å². The van der Waals surface area contributed by atoms with Gasteiger partial charge in [0, 0.05) is 43.5 Å². The van der Waals surface area contributed by atoms with Crippen molar-refractivity contribution in [3.05, 3.63) is 64.2 Å². The monoisotopic (exact) mass is 552 g/mol. The van der Waals surface area contributed by atoms with Crippen LogP contribution in [0.1, 0.15) is 59.4 Å². The van der Waals surface area contributed by atoms with Crippen LogP contribution in [0.4, 0.5) is 0 Å². The first kappa shape index (κ1) is 27.0. The van der Waals surface area contributed by atoms with Crippen molar-refractivity contribution in [2.45, 2.75) is 57.7 Å². The quantitative estimate of drug-likeness (QED) is 0.447. The maximum absolute atomic E-state index is 12.9. The van der Waals surface area contributed by atoms with Crippen molar-refractivity contribution in [2.75, 3.05) is 26.2 Å². The highest BCUT2D eigenvalue weighted by Gasteiger charge is 2.34. The maximum atomic E-state index is 12.9. The zero-order valence-electron chi connectivity index (χ0n) is 22.0. The lowest BCUT2D eigenvalue weighted by Crippen LogP contribution is -2.48. The van der Waals surface area contributed by atoms with Crippen LogP contribution in [0.15, 0.2) is 36.7 Å². The number of nitrogens with zero attached hydrogens (tertiary/aromatic N) is 8. The van der Waals surface area contributed by atoms with E-state index in [0.717, 1.165) is 43.5 Å². The summed E-state index contributed by atoms with van der Waals surface area (Å²) in [6.07, 6.45) is 10.7. The Bertz CT molecular complexity index is 1350. The third-order valence-electron chi connectivity index (χ3n) is 7.36. The molecular formula is C27H33ClN8O3. The summed E-state index contributed by atoms with van der Waals surface area (Å²) in [6.45, 7) is 4.85. The van der Waals surface area contributed by atoms with Gasteiger partial charge in [-0.2, -0.15) is 9.90 Å². The minimum atomic E-state index is -0.996. The van der Waals surface area contributed by atoms with Gasteiger partial charge in [0.25, 0.3) is 5.91 Å². The number of benzene rings is 1. The molecule has 0 spiro atoms. The van der Waals surface area contributed by atoms with Gasteiger partial charge in [0.05, 0.1) is 30.5 Å². The van der Waals surface area contributed by atoms with Crippen LogP contribution in [0.25, 0.3) is 6.08 Å². The summed E-state index contributed by atoms with van der Waals surface area (Å²) in [5.41, 5.74) is 1.26. The summed E-state index contributed by atoms with van der Waals surface area (Å²) in [5.74, 6) is 0.450. The lowest BCUT2D eigenvalue weighted by Gasteiger charge is -2.37. The fourth-order valence-corrected chi connectivity index (χ4v) is 5.32. The Morgan fingerprint density at radius 2 is 1.87 bits per heavy atom. The van der Waals surface area contributed by atoms with E-state index >= 15 is 0 Å². The Labute approximate surface area is 232 Å². The average molecular weight is 553 g/mol. The van der Waals surface area contributed by atoms with E-state index in [4.69, 9.17) is 11.6 Å². The van der Waals surface area contributed by atoms with Crippen LogP contribution in [-0.4, -0.2) is 88.5 Å². The van der Waals surface area contributed by atoms with Crippen LogP contribution in [0.3, 0.4) is 0 Å². The molecule has 11 nitrogen and oxygen atoms in total. The predicted molar refractivity (Wildman–Crippen MR) is 145 cm³/mol. The summed E-state index contributed by atoms with van der Waals surface area (Å²) < 4.78 is 1.64. The fourth-order valence-electron chi connectivity index (χ4n) is 5.13. The van der Waals surface area contributed by atoms with Crippen LogP contribution in [0, 0.1) is 6.92 Å². The molecular weight excluding hydrogens is 520 g/mol. The number of likely N-dealkylation sites (tertiary alicyclic amines) is 2. The lowest BCUT2D eigenvalue weighted by molar-refractivity contribution is -0.130. The van der Waals surface area contributed by atoms with Gasteiger partial charge >= 0.3 is 0 Å². The second-order valence-corrected chi connectivity index (χ2v) is 10.8. The van der Waals surface area contributed by atoms with Gasteiger partial charge in [0.1, 0.15) is 0 Å². The van der Waals surface area contributed by atoms with Crippen molar-refractivity contribution in [2.24, 2.45) is 0 Å². The standard InChI is InChI=1S/C27H33ClN8O3/c1-20-30-32-36(31-20)18-22-15-24(28)7-5-21(22)6-8-25(37)33-13-9-27(39,10-14-33)19-35-17-23(16-29-35)26(38)34-11-3-2-4-12-34/h5-8,15-17,39H,2-4,9-14,18-19H2,1H3/b8-6+.